The Morgan fingerprint density at radius 3 is 2.90 bits per heavy atom. The van der Waals surface area contributed by atoms with E-state index in [1.807, 2.05) is 31.2 Å². The van der Waals surface area contributed by atoms with Crippen LogP contribution in [0, 0.1) is 6.92 Å². The number of oxazole rings is 1. The molecule has 4 aromatic rings. The van der Waals surface area contributed by atoms with Crippen LogP contribution in [-0.2, 0) is 0 Å². The number of fused-ring (bicyclic) bond motifs is 2. The number of thiophene rings is 1. The van der Waals surface area contributed by atoms with Crippen LogP contribution >= 0.6 is 34.7 Å². The first kappa shape index (κ1) is 13.1. The minimum atomic E-state index is 0.239. The highest BCUT2D eigenvalue weighted by Crippen LogP contribution is 2.36. The smallest absolute Gasteiger partial charge is 0.263 e. The van der Waals surface area contributed by atoms with E-state index in [0.717, 1.165) is 26.3 Å². The summed E-state index contributed by atoms with van der Waals surface area (Å²) in [6.45, 7) is 2.04. The zero-order valence-corrected chi connectivity index (χ0v) is 13.2. The van der Waals surface area contributed by atoms with Gasteiger partial charge in [-0.15, -0.1) is 11.3 Å². The van der Waals surface area contributed by atoms with Crippen LogP contribution in [0.1, 0.15) is 4.88 Å². The van der Waals surface area contributed by atoms with E-state index < -0.39 is 0 Å². The molecule has 7 heteroatoms. The van der Waals surface area contributed by atoms with Crippen LogP contribution in [0.2, 0.25) is 5.28 Å². The molecular weight excluding hydrogens is 326 g/mol. The van der Waals surface area contributed by atoms with Crippen molar-refractivity contribution >= 4 is 56.0 Å². The van der Waals surface area contributed by atoms with E-state index in [-0.39, 0.29) is 5.28 Å². The van der Waals surface area contributed by atoms with Gasteiger partial charge in [0.15, 0.2) is 5.58 Å². The predicted molar refractivity (Wildman–Crippen MR) is 85.3 cm³/mol. The minimum absolute atomic E-state index is 0.239. The molecule has 21 heavy (non-hydrogen) atoms. The third-order valence-electron chi connectivity index (χ3n) is 2.91. The van der Waals surface area contributed by atoms with Gasteiger partial charge in [-0.25, -0.2) is 15.0 Å². The van der Waals surface area contributed by atoms with Crippen molar-refractivity contribution in [2.75, 3.05) is 0 Å². The molecule has 0 N–H and O–H groups in total. The lowest BCUT2D eigenvalue weighted by atomic mass is 10.3. The maximum Gasteiger partial charge on any atom is 0.263 e. The summed E-state index contributed by atoms with van der Waals surface area (Å²) in [6.07, 6.45) is 0. The van der Waals surface area contributed by atoms with Gasteiger partial charge in [-0.05, 0) is 48.5 Å². The Balaban J connectivity index is 1.82. The lowest BCUT2D eigenvalue weighted by molar-refractivity contribution is 0.489. The standard InChI is InChI=1S/C14H8ClN3OS2/c1-7-6-8-11(20-7)17-13(15)18-12(8)21-14-16-9-4-2-3-5-10(9)19-14/h2-6H,1H3. The van der Waals surface area contributed by atoms with E-state index in [1.165, 1.54) is 16.6 Å². The number of nitrogens with zero attached hydrogens (tertiary/aromatic N) is 3. The largest absolute Gasteiger partial charge is 0.431 e. The van der Waals surface area contributed by atoms with E-state index in [9.17, 15) is 0 Å². The second kappa shape index (κ2) is 4.98. The Morgan fingerprint density at radius 1 is 1.19 bits per heavy atom. The second-order valence-electron chi connectivity index (χ2n) is 4.42. The Labute approximate surface area is 133 Å². The van der Waals surface area contributed by atoms with Gasteiger partial charge in [0.05, 0.1) is 0 Å². The van der Waals surface area contributed by atoms with Gasteiger partial charge in [0, 0.05) is 10.3 Å². The van der Waals surface area contributed by atoms with Crippen LogP contribution < -0.4 is 0 Å². The summed E-state index contributed by atoms with van der Waals surface area (Å²) >= 11 is 8.96. The van der Waals surface area contributed by atoms with Crippen molar-refractivity contribution in [3.05, 3.63) is 40.5 Å². The summed E-state index contributed by atoms with van der Waals surface area (Å²) in [6, 6.07) is 9.72. The SMILES string of the molecule is Cc1cc2c(Sc3nc4ccccc4o3)nc(Cl)nc2s1. The number of aryl methyl sites for hydroxylation is 1. The molecule has 0 radical (unpaired) electrons. The van der Waals surface area contributed by atoms with Crippen molar-refractivity contribution in [3.8, 4) is 0 Å². The van der Waals surface area contributed by atoms with Crippen LogP contribution in [0.4, 0.5) is 0 Å². The van der Waals surface area contributed by atoms with Gasteiger partial charge in [0.25, 0.3) is 5.22 Å². The van der Waals surface area contributed by atoms with Crippen molar-refractivity contribution in [1.29, 1.82) is 0 Å². The summed E-state index contributed by atoms with van der Waals surface area (Å²) in [5, 5.41) is 2.54. The number of hydrogen-bond donors (Lipinski definition) is 0. The van der Waals surface area contributed by atoms with Crippen LogP contribution in [0.5, 0.6) is 0 Å². The molecule has 0 amide bonds. The molecule has 0 unspecified atom stereocenters. The van der Waals surface area contributed by atoms with Gasteiger partial charge in [0.2, 0.25) is 5.28 Å². The fourth-order valence-electron chi connectivity index (χ4n) is 2.05. The molecule has 0 fully saturated rings. The molecule has 104 valence electrons. The van der Waals surface area contributed by atoms with Crippen LogP contribution in [0.15, 0.2) is 45.0 Å². The van der Waals surface area contributed by atoms with Gasteiger partial charge in [0.1, 0.15) is 15.4 Å². The molecular formula is C14H8ClN3OS2. The minimum Gasteiger partial charge on any atom is -0.431 e. The van der Waals surface area contributed by atoms with E-state index in [2.05, 4.69) is 21.0 Å². The average Bonchev–Trinajstić information content (AvgIpc) is 3.00. The number of hydrogen-bond acceptors (Lipinski definition) is 6. The first-order chi connectivity index (χ1) is 10.2. The van der Waals surface area contributed by atoms with Gasteiger partial charge >= 0.3 is 0 Å². The number of halogens is 1. The molecule has 4 nitrogen and oxygen atoms in total. The number of rotatable bonds is 2. The molecule has 0 aliphatic rings. The van der Waals surface area contributed by atoms with E-state index in [4.69, 9.17) is 16.0 Å². The van der Waals surface area contributed by atoms with Gasteiger partial charge in [-0.1, -0.05) is 12.1 Å². The Hall–Kier alpha value is -1.63. The van der Waals surface area contributed by atoms with Gasteiger partial charge in [-0.2, -0.15) is 0 Å². The summed E-state index contributed by atoms with van der Waals surface area (Å²) in [7, 11) is 0. The number of benzene rings is 1. The third-order valence-corrected chi connectivity index (χ3v) is 4.88. The lowest BCUT2D eigenvalue weighted by Gasteiger charge is -1.98. The lowest BCUT2D eigenvalue weighted by Crippen LogP contribution is -1.86. The van der Waals surface area contributed by atoms with Crippen LogP contribution in [-0.4, -0.2) is 15.0 Å². The number of aromatic nitrogens is 3. The van der Waals surface area contributed by atoms with E-state index in [0.29, 0.717) is 5.22 Å². The molecule has 4 rings (SSSR count). The zero-order valence-electron chi connectivity index (χ0n) is 10.8. The Morgan fingerprint density at radius 2 is 2.05 bits per heavy atom. The normalized spacial score (nSPS) is 11.5. The van der Waals surface area contributed by atoms with Gasteiger partial charge < -0.3 is 4.42 Å². The summed E-state index contributed by atoms with van der Waals surface area (Å²) in [5.41, 5.74) is 1.59. The molecule has 0 saturated carbocycles. The van der Waals surface area contributed by atoms with Crippen molar-refractivity contribution in [2.45, 2.75) is 17.2 Å². The fraction of sp³-hybridized carbons (Fsp3) is 0.0714. The summed E-state index contributed by atoms with van der Waals surface area (Å²) in [5.74, 6) is 0. The second-order valence-corrected chi connectivity index (χ2v) is 6.94. The van der Waals surface area contributed by atoms with Crippen LogP contribution in [0.3, 0.4) is 0 Å². The highest BCUT2D eigenvalue weighted by Gasteiger charge is 2.14. The Bertz CT molecular complexity index is 930. The predicted octanol–water partition coefficient (Wildman–Crippen LogP) is 4.95. The van der Waals surface area contributed by atoms with E-state index >= 15 is 0 Å². The maximum atomic E-state index is 6.00. The topological polar surface area (TPSA) is 51.8 Å². The monoisotopic (exact) mass is 333 g/mol. The summed E-state index contributed by atoms with van der Waals surface area (Å²) < 4.78 is 5.72. The molecule has 0 aliphatic heterocycles. The maximum absolute atomic E-state index is 6.00. The van der Waals surface area contributed by atoms with Gasteiger partial charge in [-0.3, -0.25) is 0 Å². The zero-order chi connectivity index (χ0) is 14.4. The fourth-order valence-corrected chi connectivity index (χ4v) is 4.10. The highest BCUT2D eigenvalue weighted by atomic mass is 35.5. The molecule has 3 aromatic heterocycles. The first-order valence-electron chi connectivity index (χ1n) is 6.16. The van der Waals surface area contributed by atoms with Crippen molar-refractivity contribution in [2.24, 2.45) is 0 Å². The quantitative estimate of drug-likeness (QED) is 0.384. The van der Waals surface area contributed by atoms with Crippen molar-refractivity contribution < 1.29 is 4.42 Å². The first-order valence-corrected chi connectivity index (χ1v) is 8.17. The molecule has 1 aromatic carbocycles. The average molecular weight is 334 g/mol. The number of para-hydroxylation sites is 2. The van der Waals surface area contributed by atoms with E-state index in [1.54, 1.807) is 11.3 Å². The molecule has 3 heterocycles. The summed E-state index contributed by atoms with van der Waals surface area (Å²) in [4.78, 5) is 15.0. The molecule has 0 bridgehead atoms. The molecule has 0 saturated heterocycles. The van der Waals surface area contributed by atoms with Crippen molar-refractivity contribution in [1.82, 2.24) is 15.0 Å². The molecule has 0 atom stereocenters. The molecule has 0 spiro atoms. The van der Waals surface area contributed by atoms with Crippen LogP contribution in [0.25, 0.3) is 21.3 Å². The Kier molecular flexibility index (Phi) is 3.10. The molecule has 0 aliphatic carbocycles. The third kappa shape index (κ3) is 2.39. The van der Waals surface area contributed by atoms with Crippen molar-refractivity contribution in [3.63, 3.8) is 0 Å². The highest BCUT2D eigenvalue weighted by molar-refractivity contribution is 7.99.